The van der Waals surface area contributed by atoms with Crippen LogP contribution in [0.5, 0.6) is 0 Å². The summed E-state index contributed by atoms with van der Waals surface area (Å²) in [5.41, 5.74) is 6.64. The number of nitrogens with zero attached hydrogens (tertiary/aromatic N) is 1. The first-order chi connectivity index (χ1) is 7.61. The molecule has 0 unspecified atom stereocenters. The van der Waals surface area contributed by atoms with Crippen LogP contribution in [0.1, 0.15) is 0 Å². The van der Waals surface area contributed by atoms with Gasteiger partial charge in [-0.3, -0.25) is 9.69 Å². The summed E-state index contributed by atoms with van der Waals surface area (Å²) in [6, 6.07) is -0.526. The van der Waals surface area contributed by atoms with E-state index < -0.39 is 12.0 Å². The number of halogens is 1. The number of amides is 1. The molecule has 0 bridgehead atoms. The summed E-state index contributed by atoms with van der Waals surface area (Å²) in [5.74, 6) is 0.0422. The molecule has 16 heavy (non-hydrogen) atoms. The van der Waals surface area contributed by atoms with Crippen molar-refractivity contribution in [3.8, 4) is 0 Å². The Hall–Kier alpha value is -0.655. The molecule has 2 heterocycles. The van der Waals surface area contributed by atoms with Crippen molar-refractivity contribution in [1.82, 2.24) is 4.90 Å². The van der Waals surface area contributed by atoms with Crippen LogP contribution >= 0.6 is 23.4 Å². The molecule has 2 aliphatic heterocycles. The third kappa shape index (κ3) is 1.54. The molecule has 0 saturated carbocycles. The van der Waals surface area contributed by atoms with Crippen molar-refractivity contribution in [1.29, 1.82) is 0 Å². The van der Waals surface area contributed by atoms with Gasteiger partial charge in [-0.05, 0) is 5.57 Å². The van der Waals surface area contributed by atoms with E-state index in [9.17, 15) is 9.59 Å². The number of fused-ring (bicyclic) bond motifs is 1. The SMILES string of the molecule is BOC(=O)C1=C(CCl)CS[C@@H]2[C@H](N)C(=O)N12. The average molecular weight is 261 g/mol. The number of thioether (sulfide) groups is 1. The van der Waals surface area contributed by atoms with E-state index in [1.807, 2.05) is 0 Å². The second kappa shape index (κ2) is 4.31. The van der Waals surface area contributed by atoms with Gasteiger partial charge in [0.15, 0.2) is 0 Å². The number of carbonyl (C=O) groups excluding carboxylic acids is 2. The summed E-state index contributed by atoms with van der Waals surface area (Å²) in [4.78, 5) is 24.6. The van der Waals surface area contributed by atoms with Crippen LogP contribution in [0.15, 0.2) is 11.3 Å². The van der Waals surface area contributed by atoms with Crippen LogP contribution in [-0.4, -0.2) is 47.9 Å². The molecule has 86 valence electrons. The maximum absolute atomic E-state index is 11.6. The molecule has 8 heteroatoms. The Kier molecular flexibility index (Phi) is 3.18. The molecule has 0 aromatic rings. The van der Waals surface area contributed by atoms with Gasteiger partial charge in [0.25, 0.3) is 0 Å². The number of β-lactam (4-membered cyclic amide) rings is 1. The van der Waals surface area contributed by atoms with Gasteiger partial charge in [-0.1, -0.05) is 0 Å². The lowest BCUT2D eigenvalue weighted by atomic mass is 10.0. The van der Waals surface area contributed by atoms with E-state index in [2.05, 4.69) is 4.65 Å². The van der Waals surface area contributed by atoms with E-state index in [1.54, 1.807) is 0 Å². The van der Waals surface area contributed by atoms with Gasteiger partial charge in [0.05, 0.1) is 0 Å². The molecule has 0 radical (unpaired) electrons. The molecule has 2 rings (SSSR count). The first kappa shape index (κ1) is 11.8. The molecule has 1 saturated heterocycles. The Balaban J connectivity index is 2.36. The molecule has 2 atom stereocenters. The van der Waals surface area contributed by atoms with Crippen molar-refractivity contribution < 1.29 is 14.2 Å². The van der Waals surface area contributed by atoms with Crippen LogP contribution in [-0.2, 0) is 14.2 Å². The molecular weight excluding hydrogens is 250 g/mol. The maximum atomic E-state index is 11.6. The lowest BCUT2D eigenvalue weighted by molar-refractivity contribution is -0.146. The van der Waals surface area contributed by atoms with Gasteiger partial charge in [-0.2, -0.15) is 0 Å². The highest BCUT2D eigenvalue weighted by molar-refractivity contribution is 8.00. The van der Waals surface area contributed by atoms with Gasteiger partial charge in [-0.25, -0.2) is 4.79 Å². The summed E-state index contributed by atoms with van der Waals surface area (Å²) in [6.07, 6.45) is 0. The summed E-state index contributed by atoms with van der Waals surface area (Å²) in [7, 11) is 1.28. The topological polar surface area (TPSA) is 72.6 Å². The van der Waals surface area contributed by atoms with Crippen molar-refractivity contribution in [2.24, 2.45) is 5.73 Å². The van der Waals surface area contributed by atoms with Crippen molar-refractivity contribution in [3.05, 3.63) is 11.3 Å². The Morgan fingerprint density at radius 1 is 1.75 bits per heavy atom. The second-order valence-corrected chi connectivity index (χ2v) is 4.89. The number of nitrogens with two attached hydrogens (primary N) is 1. The summed E-state index contributed by atoms with van der Waals surface area (Å²) in [5, 5.41) is -0.159. The normalized spacial score (nSPS) is 28.6. The summed E-state index contributed by atoms with van der Waals surface area (Å²) >= 11 is 7.27. The molecule has 5 nitrogen and oxygen atoms in total. The predicted molar refractivity (Wildman–Crippen MR) is 63.4 cm³/mol. The average Bonchev–Trinajstić information content (AvgIpc) is 2.34. The minimum Gasteiger partial charge on any atom is -0.539 e. The number of hydrogen-bond acceptors (Lipinski definition) is 5. The zero-order valence-corrected chi connectivity index (χ0v) is 10.2. The molecule has 1 amide bonds. The van der Waals surface area contributed by atoms with Gasteiger partial charge < -0.3 is 10.4 Å². The summed E-state index contributed by atoms with van der Waals surface area (Å²) < 4.78 is 4.66. The lowest BCUT2D eigenvalue weighted by Crippen LogP contribution is -2.68. The van der Waals surface area contributed by atoms with E-state index in [1.165, 1.54) is 24.7 Å². The molecule has 0 spiro atoms. The Morgan fingerprint density at radius 2 is 2.44 bits per heavy atom. The zero-order chi connectivity index (χ0) is 11.9. The maximum Gasteiger partial charge on any atom is 0.337 e. The van der Waals surface area contributed by atoms with E-state index in [0.717, 1.165) is 5.57 Å². The largest absolute Gasteiger partial charge is 0.539 e. The van der Waals surface area contributed by atoms with Gasteiger partial charge in [0.2, 0.25) is 5.91 Å². The van der Waals surface area contributed by atoms with Crippen LogP contribution in [0.25, 0.3) is 0 Å². The highest BCUT2D eigenvalue weighted by Gasteiger charge is 2.51. The number of carbonyl (C=O) groups is 2. The first-order valence-corrected chi connectivity index (χ1v) is 6.26. The van der Waals surface area contributed by atoms with Gasteiger partial charge in [0, 0.05) is 11.6 Å². The highest BCUT2D eigenvalue weighted by Crippen LogP contribution is 2.39. The quantitative estimate of drug-likeness (QED) is 0.384. The van der Waals surface area contributed by atoms with E-state index in [0.29, 0.717) is 5.75 Å². The van der Waals surface area contributed by atoms with Gasteiger partial charge >= 0.3 is 14.0 Å². The smallest absolute Gasteiger partial charge is 0.337 e. The monoisotopic (exact) mass is 260 g/mol. The molecule has 0 aromatic heterocycles. The van der Waals surface area contributed by atoms with Crippen molar-refractivity contribution >= 4 is 43.3 Å². The first-order valence-electron chi connectivity index (χ1n) is 4.68. The van der Waals surface area contributed by atoms with E-state index >= 15 is 0 Å². The fourth-order valence-corrected chi connectivity index (χ4v) is 3.39. The second-order valence-electron chi connectivity index (χ2n) is 3.51. The van der Waals surface area contributed by atoms with Crippen LogP contribution in [0, 0.1) is 0 Å². The Bertz CT molecular complexity index is 389. The molecule has 2 N–H and O–H groups in total. The van der Waals surface area contributed by atoms with Gasteiger partial charge in [-0.15, -0.1) is 23.4 Å². The van der Waals surface area contributed by atoms with Crippen LogP contribution in [0.4, 0.5) is 0 Å². The van der Waals surface area contributed by atoms with Gasteiger partial charge in [0.1, 0.15) is 17.1 Å². The predicted octanol–water partition coefficient (Wildman–Crippen LogP) is -1.19. The highest BCUT2D eigenvalue weighted by atomic mass is 35.5. The fourth-order valence-electron chi connectivity index (χ4n) is 1.77. The van der Waals surface area contributed by atoms with Crippen LogP contribution in [0.2, 0.25) is 0 Å². The van der Waals surface area contributed by atoms with E-state index in [4.69, 9.17) is 17.3 Å². The lowest BCUT2D eigenvalue weighted by Gasteiger charge is -2.48. The molecule has 0 aromatic carbocycles. The molecular formula is C8H10BClN2O3S. The molecule has 0 aliphatic carbocycles. The Labute approximate surface area is 103 Å². The van der Waals surface area contributed by atoms with Crippen LogP contribution < -0.4 is 5.73 Å². The molecule has 2 aliphatic rings. The fraction of sp³-hybridized carbons (Fsp3) is 0.500. The third-order valence-corrected chi connectivity index (χ3v) is 4.31. The van der Waals surface area contributed by atoms with Crippen molar-refractivity contribution in [2.75, 3.05) is 11.6 Å². The minimum absolute atomic E-state index is 0.159. The minimum atomic E-state index is -0.527. The standard InChI is InChI=1S/C8H10BClN2O3S/c9-15-8(14)5-3(1-10)2-16-7-4(11)6(13)12(5)7/h4,7H,1-2,9,11H2/t4-,7-/m1/s1. The summed E-state index contributed by atoms with van der Waals surface area (Å²) in [6.45, 7) is 0. The van der Waals surface area contributed by atoms with E-state index in [-0.39, 0.29) is 22.9 Å². The Morgan fingerprint density at radius 3 is 3.00 bits per heavy atom. The van der Waals surface area contributed by atoms with Crippen molar-refractivity contribution in [2.45, 2.75) is 11.4 Å². The number of rotatable bonds is 2. The number of hydrogen-bond donors (Lipinski definition) is 1. The third-order valence-electron chi connectivity index (χ3n) is 2.63. The van der Waals surface area contributed by atoms with Crippen molar-refractivity contribution in [3.63, 3.8) is 0 Å². The van der Waals surface area contributed by atoms with Crippen LogP contribution in [0.3, 0.4) is 0 Å². The molecule has 1 fully saturated rings. The number of alkyl halides is 1. The zero-order valence-electron chi connectivity index (χ0n) is 8.60.